The molecule has 0 saturated carbocycles. The van der Waals surface area contributed by atoms with Gasteiger partial charge in [-0.1, -0.05) is 18.2 Å². The van der Waals surface area contributed by atoms with Crippen LogP contribution in [0.25, 0.3) is 10.9 Å². The number of para-hydroxylation sites is 1. The second kappa shape index (κ2) is 8.88. The predicted molar refractivity (Wildman–Crippen MR) is 109 cm³/mol. The van der Waals surface area contributed by atoms with E-state index in [1.54, 1.807) is 0 Å². The highest BCUT2D eigenvalue weighted by atomic mass is 16.5. The van der Waals surface area contributed by atoms with Crippen LogP contribution in [-0.4, -0.2) is 66.6 Å². The molecule has 6 heteroatoms. The van der Waals surface area contributed by atoms with Crippen molar-refractivity contribution in [3.63, 3.8) is 0 Å². The van der Waals surface area contributed by atoms with E-state index in [4.69, 9.17) is 4.74 Å². The van der Waals surface area contributed by atoms with Crippen molar-refractivity contribution in [3.8, 4) is 0 Å². The lowest BCUT2D eigenvalue weighted by Crippen LogP contribution is -2.44. The van der Waals surface area contributed by atoms with Crippen molar-refractivity contribution in [2.24, 2.45) is 5.92 Å². The van der Waals surface area contributed by atoms with Gasteiger partial charge < -0.3 is 14.6 Å². The highest BCUT2D eigenvalue weighted by Gasteiger charge is 2.24. The fraction of sp³-hybridized carbons (Fsp3) is 0.545. The summed E-state index contributed by atoms with van der Waals surface area (Å²) in [6.45, 7) is 6.52. The van der Waals surface area contributed by atoms with E-state index in [0.29, 0.717) is 24.3 Å². The third-order valence-electron chi connectivity index (χ3n) is 6.03. The van der Waals surface area contributed by atoms with E-state index in [9.17, 15) is 9.59 Å². The number of hydrogen-bond donors (Lipinski definition) is 1. The Morgan fingerprint density at radius 1 is 1.11 bits per heavy atom. The molecule has 28 heavy (non-hydrogen) atoms. The first-order chi connectivity index (χ1) is 13.7. The minimum absolute atomic E-state index is 0.0873. The zero-order valence-electron chi connectivity index (χ0n) is 16.4. The number of H-pyrrole nitrogens is 1. The van der Waals surface area contributed by atoms with Gasteiger partial charge in [0.2, 0.25) is 5.91 Å². The number of pyridine rings is 1. The summed E-state index contributed by atoms with van der Waals surface area (Å²) < 4.78 is 5.41. The van der Waals surface area contributed by atoms with E-state index < -0.39 is 0 Å². The largest absolute Gasteiger partial charge is 0.379 e. The highest BCUT2D eigenvalue weighted by molar-refractivity contribution is 5.79. The molecule has 150 valence electrons. The number of aromatic amines is 1. The van der Waals surface area contributed by atoms with E-state index >= 15 is 0 Å². The molecular formula is C22H29N3O3. The number of nitrogens with zero attached hydrogens (tertiary/aromatic N) is 2. The second-order valence-corrected chi connectivity index (χ2v) is 7.95. The number of carbonyl (C=O) groups is 1. The first kappa shape index (κ1) is 19.2. The Morgan fingerprint density at radius 2 is 1.86 bits per heavy atom. The number of rotatable bonds is 5. The number of nitrogens with one attached hydrogen (secondary N) is 1. The molecule has 0 spiro atoms. The number of aromatic nitrogens is 1. The molecule has 1 aromatic carbocycles. The molecule has 0 bridgehead atoms. The van der Waals surface area contributed by atoms with E-state index in [1.165, 1.54) is 0 Å². The molecule has 2 aliphatic heterocycles. The van der Waals surface area contributed by atoms with Crippen LogP contribution in [0.1, 0.15) is 24.8 Å². The third kappa shape index (κ3) is 4.62. The molecule has 2 fully saturated rings. The number of fused-ring (bicyclic) bond motifs is 1. The maximum Gasteiger partial charge on any atom is 0.251 e. The molecule has 0 aliphatic carbocycles. The van der Waals surface area contributed by atoms with Crippen molar-refractivity contribution in [2.45, 2.75) is 25.7 Å². The molecule has 1 N–H and O–H groups in total. The number of amides is 1. The summed E-state index contributed by atoms with van der Waals surface area (Å²) in [4.78, 5) is 32.3. The molecule has 3 heterocycles. The van der Waals surface area contributed by atoms with Crippen LogP contribution in [0, 0.1) is 5.92 Å². The van der Waals surface area contributed by atoms with Gasteiger partial charge in [-0.2, -0.15) is 0 Å². The predicted octanol–water partition coefficient (Wildman–Crippen LogP) is 2.03. The van der Waals surface area contributed by atoms with Crippen molar-refractivity contribution in [2.75, 3.05) is 45.9 Å². The number of morpholine rings is 1. The number of benzene rings is 1. The molecule has 4 rings (SSSR count). The Kier molecular flexibility index (Phi) is 6.07. The number of likely N-dealkylation sites (tertiary alicyclic amines) is 1. The van der Waals surface area contributed by atoms with Crippen molar-refractivity contribution in [3.05, 3.63) is 46.2 Å². The molecule has 1 aromatic heterocycles. The SMILES string of the molecule is O=C(CCc1cc2ccccc2[nH]c1=O)N1CCC(CN2CCOCC2)CC1. The van der Waals surface area contributed by atoms with Crippen LogP contribution in [0.3, 0.4) is 0 Å². The number of piperidine rings is 1. The summed E-state index contributed by atoms with van der Waals surface area (Å²) in [5, 5.41) is 1.01. The number of carbonyl (C=O) groups excluding carboxylic acids is 1. The van der Waals surface area contributed by atoms with Crippen molar-refractivity contribution in [1.82, 2.24) is 14.8 Å². The quantitative estimate of drug-likeness (QED) is 0.858. The Balaban J connectivity index is 1.27. The van der Waals surface area contributed by atoms with Crippen LogP contribution >= 0.6 is 0 Å². The third-order valence-corrected chi connectivity index (χ3v) is 6.03. The molecule has 6 nitrogen and oxygen atoms in total. The van der Waals surface area contributed by atoms with Crippen LogP contribution in [0.2, 0.25) is 0 Å². The van der Waals surface area contributed by atoms with Crippen LogP contribution in [0.5, 0.6) is 0 Å². The highest BCUT2D eigenvalue weighted by Crippen LogP contribution is 2.20. The van der Waals surface area contributed by atoms with Gasteiger partial charge in [-0.25, -0.2) is 0 Å². The molecular weight excluding hydrogens is 354 g/mol. The topological polar surface area (TPSA) is 65.6 Å². The van der Waals surface area contributed by atoms with Gasteiger partial charge in [0, 0.05) is 50.2 Å². The van der Waals surface area contributed by atoms with E-state index in [2.05, 4.69) is 9.88 Å². The van der Waals surface area contributed by atoms with Gasteiger partial charge in [-0.3, -0.25) is 14.5 Å². The molecule has 0 radical (unpaired) electrons. The fourth-order valence-electron chi connectivity index (χ4n) is 4.29. The second-order valence-electron chi connectivity index (χ2n) is 7.95. The van der Waals surface area contributed by atoms with Crippen molar-refractivity contribution < 1.29 is 9.53 Å². The minimum Gasteiger partial charge on any atom is -0.379 e. The maximum atomic E-state index is 12.6. The minimum atomic E-state index is -0.0873. The van der Waals surface area contributed by atoms with Crippen LogP contribution in [0.4, 0.5) is 0 Å². The van der Waals surface area contributed by atoms with E-state index in [-0.39, 0.29) is 11.5 Å². The zero-order chi connectivity index (χ0) is 19.3. The molecule has 2 aromatic rings. The lowest BCUT2D eigenvalue weighted by Gasteiger charge is -2.36. The summed E-state index contributed by atoms with van der Waals surface area (Å²) in [5.74, 6) is 0.836. The summed E-state index contributed by atoms with van der Waals surface area (Å²) in [6.07, 6.45) is 3.03. The molecule has 0 unspecified atom stereocenters. The molecule has 2 aliphatic rings. The Bertz CT molecular complexity index is 865. The van der Waals surface area contributed by atoms with Gasteiger partial charge in [-0.05, 0) is 42.7 Å². The lowest BCUT2D eigenvalue weighted by atomic mass is 9.95. The monoisotopic (exact) mass is 383 g/mol. The summed E-state index contributed by atoms with van der Waals surface area (Å²) >= 11 is 0. The van der Waals surface area contributed by atoms with Gasteiger partial charge in [-0.15, -0.1) is 0 Å². The lowest BCUT2D eigenvalue weighted by molar-refractivity contribution is -0.132. The zero-order valence-corrected chi connectivity index (χ0v) is 16.4. The first-order valence-electron chi connectivity index (χ1n) is 10.4. The van der Waals surface area contributed by atoms with Crippen LogP contribution < -0.4 is 5.56 Å². The van der Waals surface area contributed by atoms with Gasteiger partial charge >= 0.3 is 0 Å². The number of hydrogen-bond acceptors (Lipinski definition) is 4. The van der Waals surface area contributed by atoms with Gasteiger partial charge in [0.1, 0.15) is 0 Å². The van der Waals surface area contributed by atoms with Crippen LogP contribution in [0.15, 0.2) is 35.1 Å². The average molecular weight is 383 g/mol. The summed E-state index contributed by atoms with van der Waals surface area (Å²) in [5.41, 5.74) is 1.44. The normalized spacial score (nSPS) is 19.2. The summed E-state index contributed by atoms with van der Waals surface area (Å²) in [7, 11) is 0. The standard InChI is InChI=1S/C22H29N3O3/c26-21(6-5-19-15-18-3-1-2-4-20(18)23-22(19)27)25-9-7-17(8-10-25)16-24-11-13-28-14-12-24/h1-4,15,17H,5-14,16H2,(H,23,27). The van der Waals surface area contributed by atoms with Crippen LogP contribution in [-0.2, 0) is 16.0 Å². The number of ether oxygens (including phenoxy) is 1. The Hall–Kier alpha value is -2.18. The fourth-order valence-corrected chi connectivity index (χ4v) is 4.29. The Morgan fingerprint density at radius 3 is 2.64 bits per heavy atom. The van der Waals surface area contributed by atoms with Gasteiger partial charge in [0.15, 0.2) is 0 Å². The van der Waals surface area contributed by atoms with Crippen molar-refractivity contribution >= 4 is 16.8 Å². The van der Waals surface area contributed by atoms with Crippen molar-refractivity contribution in [1.29, 1.82) is 0 Å². The summed E-state index contributed by atoms with van der Waals surface area (Å²) in [6, 6.07) is 9.65. The molecule has 1 amide bonds. The van der Waals surface area contributed by atoms with Gasteiger partial charge in [0.25, 0.3) is 5.56 Å². The van der Waals surface area contributed by atoms with E-state index in [0.717, 1.165) is 69.7 Å². The van der Waals surface area contributed by atoms with E-state index in [1.807, 2.05) is 35.2 Å². The first-order valence-corrected chi connectivity index (χ1v) is 10.4. The molecule has 2 saturated heterocycles. The average Bonchev–Trinajstić information content (AvgIpc) is 2.73. The number of aryl methyl sites for hydroxylation is 1. The Labute approximate surface area is 165 Å². The van der Waals surface area contributed by atoms with Gasteiger partial charge in [0.05, 0.1) is 13.2 Å². The molecule has 0 atom stereocenters. The maximum absolute atomic E-state index is 12.6. The smallest absolute Gasteiger partial charge is 0.251 e.